The van der Waals surface area contributed by atoms with Crippen LogP contribution in [0.3, 0.4) is 0 Å². The van der Waals surface area contributed by atoms with Crippen molar-refractivity contribution in [3.63, 3.8) is 0 Å². The number of furan rings is 4. The summed E-state index contributed by atoms with van der Waals surface area (Å²) in [7, 11) is -0.381. The number of benzene rings is 16. The van der Waals surface area contributed by atoms with Gasteiger partial charge in [-0.05, 0) is 185 Å². The van der Waals surface area contributed by atoms with Crippen molar-refractivity contribution < 1.29 is 27.0 Å². The van der Waals surface area contributed by atoms with Crippen molar-refractivity contribution in [2.75, 3.05) is 0 Å². The van der Waals surface area contributed by atoms with Crippen molar-refractivity contribution in [2.45, 2.75) is 46.3 Å². The standard InChI is InChI=1S/C47H26N2O2.C28H15ClO2.C25H23BN2O2.CH4/c1-2-10-31-28(9-1)22-24-41-43(31)45-42(50-41)26-35(46-44(45)34-12-4-8-16-40(34)51-46)29-19-17-27(18-20-29)30-21-23-33-36(25-30)32-11-3-6-14-38(32)49-39-15-7-5-13-37(39)48-47(33)49;29-18-12-9-17(10-13-18)21-15-24-27(26-20-7-3-4-8-22(20)31-28(21)26)25-19-6-2-1-5-16(19)11-14-23(25)30-24;1-24(2)25(3,4)30-26(29-24)16-13-14-18-19(15-16)17-9-5-7-11-21(17)28-22-12-8-6-10-20(22)27-23(18)28;/h1-26H;1-15H;5-15H,1-4H3;1H4. The number of hydrogen-bond donors (Lipinski definition) is 0. The second-order valence-corrected chi connectivity index (χ2v) is 31.0. The first-order valence-corrected chi connectivity index (χ1v) is 38.3. The Labute approximate surface area is 651 Å². The summed E-state index contributed by atoms with van der Waals surface area (Å²) >= 11 is 6.14. The Kier molecular flexibility index (Phi) is 14.7. The molecule has 1 saturated heterocycles. The van der Waals surface area contributed by atoms with E-state index in [0.29, 0.717) is 5.02 Å². The van der Waals surface area contributed by atoms with Crippen LogP contribution < -0.4 is 5.46 Å². The number of halogens is 1. The van der Waals surface area contributed by atoms with E-state index in [1.165, 1.54) is 43.1 Å². The molecule has 16 aromatic carbocycles. The number of imidazole rings is 2. The predicted molar refractivity (Wildman–Crippen MR) is 470 cm³/mol. The van der Waals surface area contributed by atoms with Crippen LogP contribution in [0.2, 0.25) is 5.02 Å². The van der Waals surface area contributed by atoms with E-state index in [0.717, 1.165) is 182 Å². The molecule has 113 heavy (non-hydrogen) atoms. The maximum Gasteiger partial charge on any atom is 0.494 e. The van der Waals surface area contributed by atoms with Gasteiger partial charge < -0.3 is 27.0 Å². The minimum Gasteiger partial charge on any atom is -0.456 e. The Morgan fingerprint density at radius 2 is 0.690 bits per heavy atom. The quantitative estimate of drug-likeness (QED) is 0.127. The lowest BCUT2D eigenvalue weighted by molar-refractivity contribution is 0.00578. The molecule has 0 amide bonds. The monoisotopic (exact) mass is 1480 g/mol. The molecule has 0 aliphatic carbocycles. The molecule has 0 bridgehead atoms. The van der Waals surface area contributed by atoms with Crippen molar-refractivity contribution in [2.24, 2.45) is 0 Å². The van der Waals surface area contributed by atoms with Gasteiger partial charge in [-0.1, -0.05) is 237 Å². The Balaban J connectivity index is 0.000000109. The SMILES string of the molecule is C.CC1(C)OB(c2ccc3c(c2)c2ccccc2n2c4ccccc4nc32)OC1(C)C.Clc1ccc(-c2cc3oc4ccc5ccccc5c4c3c3c2oc2ccccc23)cc1.c1ccc2c(c1)ccc1oc3cc(-c4ccc(-c5ccc6c(c5)c5ccccc5n5c7ccccc7nc65)cc4)c4oc5ccccc5c4c3c12. The maximum atomic E-state index is 6.69. The topological polar surface area (TPSA) is 106 Å². The molecule has 1 aliphatic heterocycles. The van der Waals surface area contributed by atoms with Crippen LogP contribution in [0.1, 0.15) is 35.1 Å². The van der Waals surface area contributed by atoms with E-state index in [4.69, 9.17) is 48.5 Å². The number of fused-ring (bicyclic) bond motifs is 34. The first-order chi connectivity index (χ1) is 54.9. The second kappa shape index (κ2) is 25.0. The van der Waals surface area contributed by atoms with Gasteiger partial charge in [0.2, 0.25) is 0 Å². The fourth-order valence-corrected chi connectivity index (χ4v) is 17.8. The van der Waals surface area contributed by atoms with E-state index in [1.807, 2.05) is 48.5 Å². The minimum atomic E-state index is -0.381. The van der Waals surface area contributed by atoms with Gasteiger partial charge in [0.15, 0.2) is 0 Å². The van der Waals surface area contributed by atoms with Gasteiger partial charge in [-0.3, -0.25) is 8.80 Å². The first-order valence-electron chi connectivity index (χ1n) is 37.9. The summed E-state index contributed by atoms with van der Waals surface area (Å²) in [5, 5.41) is 21.3. The zero-order valence-electron chi connectivity index (χ0n) is 61.2. The number of aromatic nitrogens is 4. The van der Waals surface area contributed by atoms with Gasteiger partial charge in [0.05, 0.1) is 44.3 Å². The van der Waals surface area contributed by atoms with Crippen LogP contribution in [0.5, 0.6) is 0 Å². The lowest BCUT2D eigenvalue weighted by atomic mass is 9.78. The molecule has 0 unspecified atom stereocenters. The third-order valence-corrected chi connectivity index (χ3v) is 23.9. The van der Waals surface area contributed by atoms with Crippen molar-refractivity contribution in [1.82, 2.24) is 18.8 Å². The molecule has 9 heterocycles. The summed E-state index contributed by atoms with van der Waals surface area (Å²) in [5.74, 6) is 0. The van der Waals surface area contributed by atoms with Crippen LogP contribution in [-0.4, -0.2) is 37.1 Å². The molecule has 538 valence electrons. The smallest absolute Gasteiger partial charge is 0.456 e. The van der Waals surface area contributed by atoms with Gasteiger partial charge in [-0.25, -0.2) is 9.97 Å². The molecule has 0 N–H and O–H groups in total. The third-order valence-electron chi connectivity index (χ3n) is 23.7. The molecule has 0 saturated carbocycles. The summed E-state index contributed by atoms with van der Waals surface area (Å²) in [4.78, 5) is 10.0. The van der Waals surface area contributed by atoms with Gasteiger partial charge in [0.25, 0.3) is 0 Å². The molecular weight excluding hydrogens is 1410 g/mol. The zero-order chi connectivity index (χ0) is 74.4. The Bertz CT molecular complexity index is 8110. The fraction of sp³-hybridized carbons (Fsp3) is 0.0693. The van der Waals surface area contributed by atoms with Crippen molar-refractivity contribution in [3.05, 3.63) is 320 Å². The van der Waals surface area contributed by atoms with Crippen LogP contribution in [-0.2, 0) is 9.31 Å². The average molecular weight is 1480 g/mol. The Morgan fingerprint density at radius 1 is 0.292 bits per heavy atom. The van der Waals surface area contributed by atoms with Crippen LogP contribution in [0, 0.1) is 0 Å². The molecule has 8 aromatic heterocycles. The summed E-state index contributed by atoms with van der Waals surface area (Å²) in [6.07, 6.45) is 0. The molecule has 1 aliphatic rings. The number of hydrogen-bond acceptors (Lipinski definition) is 8. The van der Waals surface area contributed by atoms with E-state index in [9.17, 15) is 0 Å². The van der Waals surface area contributed by atoms with Crippen LogP contribution in [0.15, 0.2) is 333 Å². The summed E-state index contributed by atoms with van der Waals surface area (Å²) < 4.78 is 43.3. The average Bonchev–Trinajstić information content (AvgIpc) is 1.60. The van der Waals surface area contributed by atoms with Gasteiger partial charge in [0, 0.05) is 80.8 Å². The van der Waals surface area contributed by atoms with Crippen LogP contribution >= 0.6 is 11.6 Å². The van der Waals surface area contributed by atoms with Crippen molar-refractivity contribution in [1.29, 1.82) is 0 Å². The molecule has 0 atom stereocenters. The van der Waals surface area contributed by atoms with E-state index < -0.39 is 0 Å². The van der Waals surface area contributed by atoms with E-state index >= 15 is 0 Å². The summed E-state index contributed by atoms with van der Waals surface area (Å²) in [6, 6.07) is 110. The Hall–Kier alpha value is -13.5. The zero-order valence-corrected chi connectivity index (χ0v) is 62.0. The van der Waals surface area contributed by atoms with E-state index in [2.05, 4.69) is 303 Å². The van der Waals surface area contributed by atoms with Crippen LogP contribution in [0.25, 0.3) is 219 Å². The molecule has 0 spiro atoms. The van der Waals surface area contributed by atoms with Crippen LogP contribution in [0.4, 0.5) is 0 Å². The largest absolute Gasteiger partial charge is 0.494 e. The maximum absolute atomic E-state index is 6.69. The highest BCUT2D eigenvalue weighted by atomic mass is 35.5. The van der Waals surface area contributed by atoms with Crippen molar-refractivity contribution >= 4 is 210 Å². The number of pyridine rings is 2. The Morgan fingerprint density at radius 3 is 1.19 bits per heavy atom. The molecule has 0 radical (unpaired) electrons. The summed E-state index contributed by atoms with van der Waals surface area (Å²) in [6.45, 7) is 8.35. The van der Waals surface area contributed by atoms with Gasteiger partial charge >= 0.3 is 7.12 Å². The van der Waals surface area contributed by atoms with E-state index in [1.54, 1.807) is 0 Å². The minimum absolute atomic E-state index is 0. The molecule has 25 rings (SSSR count). The lowest BCUT2D eigenvalue weighted by Crippen LogP contribution is -2.41. The molecule has 12 heteroatoms. The predicted octanol–water partition coefficient (Wildman–Crippen LogP) is 27.8. The number of nitrogens with zero attached hydrogens (tertiary/aromatic N) is 4. The molecular formula is C101H68BClN4O6. The highest BCUT2D eigenvalue weighted by molar-refractivity contribution is 6.62. The van der Waals surface area contributed by atoms with Gasteiger partial charge in [0.1, 0.15) is 56.0 Å². The first kappa shape index (κ1) is 66.4. The lowest BCUT2D eigenvalue weighted by Gasteiger charge is -2.32. The normalized spacial score (nSPS) is 13.7. The number of rotatable bonds is 4. The molecule has 10 nitrogen and oxygen atoms in total. The molecule has 24 aromatic rings. The second-order valence-electron chi connectivity index (χ2n) is 30.5. The highest BCUT2D eigenvalue weighted by Crippen LogP contribution is 2.50. The van der Waals surface area contributed by atoms with Crippen molar-refractivity contribution in [3.8, 4) is 33.4 Å². The third kappa shape index (κ3) is 10.1. The van der Waals surface area contributed by atoms with Gasteiger partial charge in [-0.15, -0.1) is 0 Å². The summed E-state index contributed by atoms with van der Waals surface area (Å²) in [5.41, 5.74) is 22.2. The van der Waals surface area contributed by atoms with E-state index in [-0.39, 0.29) is 25.7 Å². The highest BCUT2D eigenvalue weighted by Gasteiger charge is 2.52. The fourth-order valence-electron chi connectivity index (χ4n) is 17.7. The van der Waals surface area contributed by atoms with Gasteiger partial charge in [-0.2, -0.15) is 0 Å². The number of para-hydroxylation sites is 8. The molecule has 1 fully saturated rings.